The smallest absolute Gasteiger partial charge is 0.268 e. The molecule has 0 aliphatic rings. The summed E-state index contributed by atoms with van der Waals surface area (Å²) in [4.78, 5) is 33.8. The van der Waals surface area contributed by atoms with Crippen LogP contribution >= 0.6 is 23.1 Å². The Morgan fingerprint density at radius 2 is 1.79 bits per heavy atom. The van der Waals surface area contributed by atoms with E-state index in [0.29, 0.717) is 27.0 Å². The van der Waals surface area contributed by atoms with Crippen LogP contribution in [0, 0.1) is 0 Å². The number of aromatic amines is 1. The van der Waals surface area contributed by atoms with E-state index in [0.717, 1.165) is 11.3 Å². The summed E-state index contributed by atoms with van der Waals surface area (Å²) in [5, 5.41) is 11.2. The highest BCUT2D eigenvalue weighted by Crippen LogP contribution is 2.28. The maximum absolute atomic E-state index is 12.9. The predicted molar refractivity (Wildman–Crippen MR) is 134 cm³/mol. The molecule has 0 fully saturated rings. The third-order valence-electron chi connectivity index (χ3n) is 5.18. The Hall–Kier alpha value is -3.76. The maximum atomic E-state index is 12.9. The van der Waals surface area contributed by atoms with E-state index in [2.05, 4.69) is 20.2 Å². The first-order chi connectivity index (χ1) is 16.6. The van der Waals surface area contributed by atoms with Gasteiger partial charge in [0.1, 0.15) is 10.5 Å². The number of rotatable bonds is 7. The van der Waals surface area contributed by atoms with Gasteiger partial charge in [-0.25, -0.2) is 4.98 Å². The normalized spacial score (nSPS) is 11.1. The Morgan fingerprint density at radius 1 is 1.06 bits per heavy atom. The number of H-pyrrole nitrogens is 1. The molecule has 1 N–H and O–H groups in total. The third kappa shape index (κ3) is 4.50. The largest absolute Gasteiger partial charge is 0.338 e. The summed E-state index contributed by atoms with van der Waals surface area (Å²) < 4.78 is 2.54. The number of fused-ring (bicyclic) bond motifs is 1. The van der Waals surface area contributed by atoms with Gasteiger partial charge < -0.3 is 9.88 Å². The molecule has 0 aliphatic heterocycles. The molecule has 5 rings (SSSR count). The summed E-state index contributed by atoms with van der Waals surface area (Å²) in [5.74, 6) is 1.22. The van der Waals surface area contributed by atoms with Crippen LogP contribution in [0.3, 0.4) is 0 Å². The van der Waals surface area contributed by atoms with E-state index in [1.165, 1.54) is 23.1 Å². The summed E-state index contributed by atoms with van der Waals surface area (Å²) in [6.45, 7) is 0.209. The number of carbonyl (C=O) groups is 1. The zero-order valence-corrected chi connectivity index (χ0v) is 19.8. The van der Waals surface area contributed by atoms with Gasteiger partial charge in [-0.15, -0.1) is 21.5 Å². The van der Waals surface area contributed by atoms with Crippen molar-refractivity contribution in [1.29, 1.82) is 0 Å². The highest BCUT2D eigenvalue weighted by molar-refractivity contribution is 7.99. The van der Waals surface area contributed by atoms with Crippen LogP contribution in [0.2, 0.25) is 0 Å². The zero-order valence-electron chi connectivity index (χ0n) is 18.2. The van der Waals surface area contributed by atoms with E-state index in [1.807, 2.05) is 70.6 Å². The number of hydrogen-bond acceptors (Lipinski definition) is 7. The molecule has 0 saturated carbocycles. The molecule has 0 radical (unpaired) electrons. The minimum absolute atomic E-state index is 0.109. The lowest BCUT2D eigenvalue weighted by atomic mass is 10.2. The lowest BCUT2D eigenvalue weighted by molar-refractivity contribution is -0.127. The van der Waals surface area contributed by atoms with Crippen molar-refractivity contribution >= 4 is 39.2 Å². The molecule has 2 aromatic carbocycles. The molecule has 3 heterocycles. The van der Waals surface area contributed by atoms with Crippen LogP contribution in [-0.4, -0.2) is 48.3 Å². The Bertz CT molecular complexity index is 1490. The van der Waals surface area contributed by atoms with E-state index >= 15 is 0 Å². The second kappa shape index (κ2) is 9.62. The molecule has 0 aliphatic carbocycles. The van der Waals surface area contributed by atoms with E-state index in [9.17, 15) is 9.59 Å². The van der Waals surface area contributed by atoms with Gasteiger partial charge in [0.05, 0.1) is 17.8 Å². The van der Waals surface area contributed by atoms with Crippen molar-refractivity contribution in [2.45, 2.75) is 11.7 Å². The van der Waals surface area contributed by atoms with Crippen LogP contribution in [0.25, 0.3) is 27.3 Å². The van der Waals surface area contributed by atoms with Gasteiger partial charge in [-0.1, -0.05) is 60.3 Å². The van der Waals surface area contributed by atoms with Crippen LogP contribution < -0.4 is 5.56 Å². The van der Waals surface area contributed by atoms with Gasteiger partial charge in [0, 0.05) is 18.3 Å². The molecule has 8 nitrogen and oxygen atoms in total. The summed E-state index contributed by atoms with van der Waals surface area (Å²) >= 11 is 2.67. The fourth-order valence-electron chi connectivity index (χ4n) is 3.49. The molecule has 1 amide bonds. The molecule has 34 heavy (non-hydrogen) atoms. The standard InChI is InChI=1S/C24H20N6O2S2/c1-29(14-19-25-18-12-13-33-21(18)23(32)26-19)20(31)15-34-24-28-27-22(16-8-4-2-5-9-16)30(24)17-10-6-3-7-11-17/h2-13H,14-15H2,1H3,(H,25,26,32). The average Bonchev–Trinajstić information content (AvgIpc) is 3.51. The minimum atomic E-state index is -0.186. The lowest BCUT2D eigenvalue weighted by Crippen LogP contribution is -2.29. The van der Waals surface area contributed by atoms with E-state index < -0.39 is 0 Å². The molecule has 170 valence electrons. The van der Waals surface area contributed by atoms with Crippen molar-refractivity contribution in [3.63, 3.8) is 0 Å². The monoisotopic (exact) mass is 488 g/mol. The minimum Gasteiger partial charge on any atom is -0.338 e. The van der Waals surface area contributed by atoms with Crippen molar-refractivity contribution in [2.75, 3.05) is 12.8 Å². The molecular weight excluding hydrogens is 468 g/mol. The molecule has 3 aromatic heterocycles. The van der Waals surface area contributed by atoms with Crippen molar-refractivity contribution in [1.82, 2.24) is 29.6 Å². The molecule has 0 bridgehead atoms. The Kier molecular flexibility index (Phi) is 6.24. The summed E-state index contributed by atoms with van der Waals surface area (Å²) in [6, 6.07) is 21.5. The van der Waals surface area contributed by atoms with Crippen molar-refractivity contribution in [2.24, 2.45) is 0 Å². The van der Waals surface area contributed by atoms with Gasteiger partial charge in [-0.2, -0.15) is 0 Å². The fourth-order valence-corrected chi connectivity index (χ4v) is 5.11. The maximum Gasteiger partial charge on any atom is 0.268 e. The van der Waals surface area contributed by atoms with Gasteiger partial charge in [-0.3, -0.25) is 14.2 Å². The number of carbonyl (C=O) groups excluding carboxylic acids is 1. The number of nitrogens with one attached hydrogen (secondary N) is 1. The summed E-state index contributed by atoms with van der Waals surface area (Å²) in [7, 11) is 1.69. The van der Waals surface area contributed by atoms with Crippen LogP contribution in [0.1, 0.15) is 5.82 Å². The SMILES string of the molecule is CN(Cc1nc2ccsc2c(=O)[nH]1)C(=O)CSc1nnc(-c2ccccc2)n1-c1ccccc1. The molecule has 0 spiro atoms. The van der Waals surface area contributed by atoms with Crippen LogP contribution in [-0.2, 0) is 11.3 Å². The molecule has 0 atom stereocenters. The first-order valence-corrected chi connectivity index (χ1v) is 12.4. The number of thioether (sulfide) groups is 1. The lowest BCUT2D eigenvalue weighted by Gasteiger charge is -2.16. The van der Waals surface area contributed by atoms with Gasteiger partial charge in [0.2, 0.25) is 5.91 Å². The Labute approximate surface area is 203 Å². The molecule has 0 saturated heterocycles. The molecule has 5 aromatic rings. The predicted octanol–water partition coefficient (Wildman–Crippen LogP) is 3.98. The topological polar surface area (TPSA) is 96.8 Å². The van der Waals surface area contributed by atoms with E-state index in [-0.39, 0.29) is 23.8 Å². The number of thiophene rings is 1. The van der Waals surface area contributed by atoms with Crippen LogP contribution in [0.4, 0.5) is 0 Å². The number of para-hydroxylation sites is 1. The van der Waals surface area contributed by atoms with E-state index in [4.69, 9.17) is 0 Å². The van der Waals surface area contributed by atoms with Crippen molar-refractivity contribution < 1.29 is 4.79 Å². The number of aromatic nitrogens is 5. The fraction of sp³-hybridized carbons (Fsp3) is 0.125. The van der Waals surface area contributed by atoms with Gasteiger partial charge in [0.15, 0.2) is 11.0 Å². The highest BCUT2D eigenvalue weighted by Gasteiger charge is 2.19. The molecular formula is C24H20N6O2S2. The van der Waals surface area contributed by atoms with Crippen LogP contribution in [0.15, 0.2) is 82.1 Å². The third-order valence-corrected chi connectivity index (χ3v) is 7.00. The summed E-state index contributed by atoms with van der Waals surface area (Å²) in [5.41, 5.74) is 2.31. The average molecular weight is 489 g/mol. The number of hydrogen-bond donors (Lipinski definition) is 1. The molecule has 0 unspecified atom stereocenters. The quantitative estimate of drug-likeness (QED) is 0.348. The zero-order chi connectivity index (χ0) is 23.5. The first kappa shape index (κ1) is 22.1. The van der Waals surface area contributed by atoms with Gasteiger partial charge in [-0.05, 0) is 23.6 Å². The van der Waals surface area contributed by atoms with Gasteiger partial charge in [0.25, 0.3) is 5.56 Å². The van der Waals surface area contributed by atoms with Crippen molar-refractivity contribution in [3.05, 3.63) is 88.3 Å². The van der Waals surface area contributed by atoms with Crippen molar-refractivity contribution in [3.8, 4) is 17.1 Å². The van der Waals surface area contributed by atoms with Gasteiger partial charge >= 0.3 is 0 Å². The molecule has 10 heteroatoms. The second-order valence-electron chi connectivity index (χ2n) is 7.53. The van der Waals surface area contributed by atoms with Crippen LogP contribution in [0.5, 0.6) is 0 Å². The number of nitrogens with zero attached hydrogens (tertiary/aromatic N) is 5. The van der Waals surface area contributed by atoms with E-state index in [1.54, 1.807) is 18.0 Å². The first-order valence-electron chi connectivity index (χ1n) is 10.5. The Balaban J connectivity index is 1.34. The highest BCUT2D eigenvalue weighted by atomic mass is 32.2. The Morgan fingerprint density at radius 3 is 2.56 bits per heavy atom. The summed E-state index contributed by atoms with van der Waals surface area (Å²) in [6.07, 6.45) is 0. The number of benzene rings is 2. The second-order valence-corrected chi connectivity index (χ2v) is 9.39. The number of amides is 1.